The number of hydrogen-bond donors (Lipinski definition) is 0. The van der Waals surface area contributed by atoms with Crippen LogP contribution in [0.4, 0.5) is 4.39 Å². The molecule has 1 saturated heterocycles. The van der Waals surface area contributed by atoms with Crippen LogP contribution in [-0.4, -0.2) is 32.4 Å². The van der Waals surface area contributed by atoms with E-state index in [-0.39, 0.29) is 11.9 Å². The molecule has 2 aromatic heterocycles. The molecule has 0 spiro atoms. The lowest BCUT2D eigenvalue weighted by atomic mass is 10.1. The maximum atomic E-state index is 13.1. The van der Waals surface area contributed by atoms with Crippen molar-refractivity contribution in [3.8, 4) is 22.6 Å². The number of ether oxygens (including phenoxy) is 1. The van der Waals surface area contributed by atoms with E-state index < -0.39 is 0 Å². The Bertz CT molecular complexity index is 1140. The molecule has 31 heavy (non-hydrogen) atoms. The third-order valence-electron chi connectivity index (χ3n) is 5.19. The van der Waals surface area contributed by atoms with Crippen LogP contribution in [-0.2, 0) is 17.0 Å². The van der Waals surface area contributed by atoms with E-state index in [1.165, 1.54) is 12.1 Å². The molecule has 1 aliphatic heterocycles. The minimum atomic E-state index is -0.296. The van der Waals surface area contributed by atoms with Crippen molar-refractivity contribution in [2.45, 2.75) is 36.4 Å². The van der Waals surface area contributed by atoms with E-state index in [0.717, 1.165) is 42.4 Å². The quantitative estimate of drug-likeness (QED) is 0.371. The van der Waals surface area contributed by atoms with E-state index in [1.807, 2.05) is 24.4 Å². The van der Waals surface area contributed by atoms with Crippen LogP contribution in [0.3, 0.4) is 0 Å². The van der Waals surface area contributed by atoms with Gasteiger partial charge in [-0.2, -0.15) is 4.98 Å². The molecule has 1 aliphatic rings. The smallest absolute Gasteiger partial charge is 0.237 e. The van der Waals surface area contributed by atoms with Crippen molar-refractivity contribution in [2.24, 2.45) is 0 Å². The van der Waals surface area contributed by atoms with Gasteiger partial charge in [-0.3, -0.25) is 0 Å². The van der Waals surface area contributed by atoms with Gasteiger partial charge in [-0.15, -0.1) is 0 Å². The van der Waals surface area contributed by atoms with Gasteiger partial charge in [0.2, 0.25) is 11.7 Å². The van der Waals surface area contributed by atoms with Gasteiger partial charge in [0.05, 0.1) is 30.3 Å². The fraction of sp³-hybridized carbons (Fsp3) is 0.261. The Morgan fingerprint density at radius 1 is 1.06 bits per heavy atom. The molecule has 5 rings (SSSR count). The summed E-state index contributed by atoms with van der Waals surface area (Å²) >= 11 is 1.55. The van der Waals surface area contributed by atoms with Crippen molar-refractivity contribution in [2.75, 3.05) is 6.61 Å². The minimum Gasteiger partial charge on any atom is -0.376 e. The van der Waals surface area contributed by atoms with Crippen LogP contribution in [0.5, 0.6) is 0 Å². The molecule has 1 atom stereocenters. The highest BCUT2D eigenvalue weighted by Crippen LogP contribution is 2.30. The van der Waals surface area contributed by atoms with Crippen LogP contribution in [0.1, 0.15) is 18.7 Å². The fourth-order valence-electron chi connectivity index (χ4n) is 3.64. The van der Waals surface area contributed by atoms with Gasteiger partial charge in [0, 0.05) is 12.2 Å². The Labute approximate surface area is 183 Å². The van der Waals surface area contributed by atoms with Gasteiger partial charge in [0.1, 0.15) is 5.82 Å². The molecule has 158 valence electrons. The van der Waals surface area contributed by atoms with Crippen molar-refractivity contribution in [3.05, 3.63) is 72.5 Å². The highest BCUT2D eigenvalue weighted by molar-refractivity contribution is 7.98. The predicted octanol–water partition coefficient (Wildman–Crippen LogP) is 5.21. The van der Waals surface area contributed by atoms with Crippen LogP contribution >= 0.6 is 11.8 Å². The second-order valence-electron chi connectivity index (χ2n) is 7.34. The summed E-state index contributed by atoms with van der Waals surface area (Å²) in [6.45, 7) is 1.58. The number of aromatic nitrogens is 4. The van der Waals surface area contributed by atoms with Gasteiger partial charge < -0.3 is 13.8 Å². The zero-order valence-electron chi connectivity index (χ0n) is 16.8. The summed E-state index contributed by atoms with van der Waals surface area (Å²) in [6.07, 6.45) is 4.26. The molecule has 3 heterocycles. The van der Waals surface area contributed by atoms with E-state index in [0.29, 0.717) is 23.0 Å². The number of rotatable bonds is 7. The van der Waals surface area contributed by atoms with Crippen LogP contribution in [0, 0.1) is 5.82 Å². The third kappa shape index (κ3) is 4.55. The fourth-order valence-corrected chi connectivity index (χ4v) is 4.46. The molecule has 0 saturated carbocycles. The van der Waals surface area contributed by atoms with Gasteiger partial charge in [0.15, 0.2) is 5.16 Å². The number of thioether (sulfide) groups is 1. The van der Waals surface area contributed by atoms with Crippen LogP contribution in [0.2, 0.25) is 0 Å². The molecule has 0 radical (unpaired) electrons. The highest BCUT2D eigenvalue weighted by atomic mass is 32.2. The van der Waals surface area contributed by atoms with E-state index in [2.05, 4.69) is 31.8 Å². The third-order valence-corrected chi connectivity index (χ3v) is 6.17. The second-order valence-corrected chi connectivity index (χ2v) is 8.29. The first-order valence-electron chi connectivity index (χ1n) is 10.2. The highest BCUT2D eigenvalue weighted by Gasteiger charge is 2.21. The van der Waals surface area contributed by atoms with Crippen LogP contribution < -0.4 is 0 Å². The molecule has 2 aromatic carbocycles. The predicted molar refractivity (Wildman–Crippen MR) is 116 cm³/mol. The molecule has 1 unspecified atom stereocenters. The largest absolute Gasteiger partial charge is 0.376 e. The average molecular weight is 437 g/mol. The van der Waals surface area contributed by atoms with E-state index in [4.69, 9.17) is 9.26 Å². The summed E-state index contributed by atoms with van der Waals surface area (Å²) < 4.78 is 26.6. The topological polar surface area (TPSA) is 66.0 Å². The monoisotopic (exact) mass is 436 g/mol. The van der Waals surface area contributed by atoms with Crippen molar-refractivity contribution in [1.82, 2.24) is 19.7 Å². The van der Waals surface area contributed by atoms with Crippen molar-refractivity contribution in [3.63, 3.8) is 0 Å². The summed E-state index contributed by atoms with van der Waals surface area (Å²) in [4.78, 5) is 9.10. The van der Waals surface area contributed by atoms with Gasteiger partial charge in [0.25, 0.3) is 0 Å². The maximum Gasteiger partial charge on any atom is 0.237 e. The lowest BCUT2D eigenvalue weighted by Gasteiger charge is -2.15. The summed E-state index contributed by atoms with van der Waals surface area (Å²) in [5.41, 5.74) is 2.90. The number of imidazole rings is 1. The summed E-state index contributed by atoms with van der Waals surface area (Å²) in [7, 11) is 0. The maximum absolute atomic E-state index is 13.1. The number of hydrogen-bond acceptors (Lipinski definition) is 6. The zero-order valence-corrected chi connectivity index (χ0v) is 17.6. The number of benzene rings is 2. The number of halogens is 1. The first-order valence-corrected chi connectivity index (χ1v) is 11.2. The van der Waals surface area contributed by atoms with Crippen LogP contribution in [0.15, 0.2) is 70.5 Å². The minimum absolute atomic E-state index is 0.199. The van der Waals surface area contributed by atoms with Gasteiger partial charge >= 0.3 is 0 Å². The van der Waals surface area contributed by atoms with Crippen molar-refractivity contribution < 1.29 is 13.7 Å². The molecule has 4 aromatic rings. The molecule has 6 nitrogen and oxygen atoms in total. The van der Waals surface area contributed by atoms with Gasteiger partial charge in [-0.1, -0.05) is 47.3 Å². The SMILES string of the molecule is Fc1ccc(-c2noc(CSc3ncc(-c4ccccc4)n3CC3CCCO3)n2)cc1. The normalized spacial score (nSPS) is 16.1. The van der Waals surface area contributed by atoms with Crippen LogP contribution in [0.25, 0.3) is 22.6 Å². The first kappa shape index (κ1) is 20.0. The van der Waals surface area contributed by atoms with Gasteiger partial charge in [-0.25, -0.2) is 9.37 Å². The van der Waals surface area contributed by atoms with Crippen molar-refractivity contribution >= 4 is 11.8 Å². The Morgan fingerprint density at radius 2 is 1.90 bits per heavy atom. The Hall–Kier alpha value is -2.97. The molecule has 1 fully saturated rings. The molecule has 0 N–H and O–H groups in total. The zero-order chi connectivity index (χ0) is 21.0. The first-order chi connectivity index (χ1) is 15.3. The lowest BCUT2D eigenvalue weighted by Crippen LogP contribution is -2.16. The lowest BCUT2D eigenvalue weighted by molar-refractivity contribution is 0.0954. The van der Waals surface area contributed by atoms with Gasteiger partial charge in [-0.05, 0) is 42.7 Å². The number of nitrogens with zero attached hydrogens (tertiary/aromatic N) is 4. The van der Waals surface area contributed by atoms with Crippen molar-refractivity contribution in [1.29, 1.82) is 0 Å². The molecule has 8 heteroatoms. The van der Waals surface area contributed by atoms with E-state index in [9.17, 15) is 4.39 Å². The summed E-state index contributed by atoms with van der Waals surface area (Å²) in [5.74, 6) is 1.14. The molecular weight excluding hydrogens is 415 g/mol. The van der Waals surface area contributed by atoms with E-state index >= 15 is 0 Å². The second kappa shape index (κ2) is 9.03. The summed E-state index contributed by atoms with van der Waals surface area (Å²) in [5, 5.41) is 4.90. The molecule has 0 bridgehead atoms. The summed E-state index contributed by atoms with van der Waals surface area (Å²) in [6, 6.07) is 16.3. The molecular formula is C23H21FN4O2S. The Morgan fingerprint density at radius 3 is 2.68 bits per heavy atom. The Kier molecular flexibility index (Phi) is 5.82. The average Bonchev–Trinajstić information content (AvgIpc) is 3.56. The Balaban J connectivity index is 1.35. The molecule has 0 aliphatic carbocycles. The molecule has 0 amide bonds. The van der Waals surface area contributed by atoms with E-state index in [1.54, 1.807) is 23.9 Å². The standard InChI is InChI=1S/C23H21FN4O2S/c24-18-10-8-17(9-11-18)22-26-21(30-27-22)15-31-23-25-13-20(16-5-2-1-3-6-16)28(23)14-19-7-4-12-29-19/h1-3,5-6,8-11,13,19H,4,7,12,14-15H2.